The fourth-order valence-electron chi connectivity index (χ4n) is 1.60. The van der Waals surface area contributed by atoms with Crippen molar-refractivity contribution in [2.75, 3.05) is 23.3 Å². The molecule has 0 unspecified atom stereocenters. The van der Waals surface area contributed by atoms with Gasteiger partial charge < -0.3 is 11.1 Å². The van der Waals surface area contributed by atoms with Crippen LogP contribution < -0.4 is 11.1 Å². The van der Waals surface area contributed by atoms with Crippen molar-refractivity contribution in [2.24, 2.45) is 0 Å². The maximum Gasteiger partial charge on any atom is 0.288 e. The molecule has 0 bridgehead atoms. The first-order valence-corrected chi connectivity index (χ1v) is 6.67. The van der Waals surface area contributed by atoms with Crippen molar-refractivity contribution in [3.8, 4) is 0 Å². The first-order chi connectivity index (χ1) is 9.06. The monoisotopic (exact) mass is 279 g/mol. The van der Waals surface area contributed by atoms with Crippen molar-refractivity contribution in [2.45, 2.75) is 6.42 Å². The van der Waals surface area contributed by atoms with Gasteiger partial charge in [0.1, 0.15) is 0 Å². The van der Waals surface area contributed by atoms with E-state index in [1.165, 1.54) is 0 Å². The van der Waals surface area contributed by atoms with Gasteiger partial charge in [-0.2, -0.15) is 0 Å². The second kappa shape index (κ2) is 5.75. The largest absolute Gasteiger partial charge is 0.399 e. The van der Waals surface area contributed by atoms with Gasteiger partial charge in [-0.05, 0) is 24.3 Å². The summed E-state index contributed by atoms with van der Waals surface area (Å²) < 4.78 is 0. The van der Waals surface area contributed by atoms with Gasteiger partial charge in [-0.25, -0.2) is 0 Å². The van der Waals surface area contributed by atoms with E-state index in [1.54, 1.807) is 24.3 Å². The number of anilines is 2. The Bertz CT molecular complexity index is 499. The molecule has 100 valence electrons. The van der Waals surface area contributed by atoms with E-state index < -0.39 is 0 Å². The number of nitrogens with two attached hydrogens (primary N) is 1. The van der Waals surface area contributed by atoms with E-state index >= 15 is 0 Å². The van der Waals surface area contributed by atoms with E-state index in [0.29, 0.717) is 11.4 Å². The van der Waals surface area contributed by atoms with Gasteiger partial charge in [0.25, 0.3) is 5.24 Å². The third kappa shape index (κ3) is 3.47. The molecule has 1 aromatic rings. The minimum absolute atomic E-state index is 0.0857. The second-order valence-corrected chi connectivity index (χ2v) is 4.95. The Morgan fingerprint density at radius 1 is 1.32 bits per heavy atom. The summed E-state index contributed by atoms with van der Waals surface area (Å²) >= 11 is 0.963. The molecule has 1 saturated heterocycles. The zero-order chi connectivity index (χ0) is 13.8. The van der Waals surface area contributed by atoms with E-state index in [9.17, 15) is 14.4 Å². The van der Waals surface area contributed by atoms with Crippen molar-refractivity contribution in [1.82, 2.24) is 4.90 Å². The highest BCUT2D eigenvalue weighted by atomic mass is 32.2. The highest BCUT2D eigenvalue weighted by Gasteiger charge is 2.29. The zero-order valence-electron chi connectivity index (χ0n) is 10.1. The van der Waals surface area contributed by atoms with Gasteiger partial charge in [0.05, 0.1) is 5.75 Å². The maximum atomic E-state index is 11.7. The number of imide groups is 1. The number of hydrogen-bond donors (Lipinski definition) is 2. The van der Waals surface area contributed by atoms with E-state index in [1.807, 2.05) is 0 Å². The number of hydrogen-bond acceptors (Lipinski definition) is 5. The number of nitrogen functional groups attached to an aromatic ring is 1. The highest BCUT2D eigenvalue weighted by Crippen LogP contribution is 2.19. The van der Waals surface area contributed by atoms with Crippen LogP contribution in [0.2, 0.25) is 0 Å². The summed E-state index contributed by atoms with van der Waals surface area (Å²) in [6, 6.07) is 6.74. The third-order valence-corrected chi connectivity index (χ3v) is 3.46. The fraction of sp³-hybridized carbons (Fsp3) is 0.250. The minimum Gasteiger partial charge on any atom is -0.399 e. The van der Waals surface area contributed by atoms with Gasteiger partial charge in [0, 0.05) is 24.3 Å². The molecule has 0 aliphatic carbocycles. The lowest BCUT2D eigenvalue weighted by Gasteiger charge is -2.12. The smallest absolute Gasteiger partial charge is 0.288 e. The molecule has 1 aromatic carbocycles. The molecule has 1 aliphatic rings. The van der Waals surface area contributed by atoms with Crippen LogP contribution in [0.25, 0.3) is 0 Å². The molecular formula is C12H13N3O3S. The lowest BCUT2D eigenvalue weighted by Crippen LogP contribution is -2.31. The lowest BCUT2D eigenvalue weighted by molar-refractivity contribution is -0.125. The summed E-state index contributed by atoms with van der Waals surface area (Å²) in [6.07, 6.45) is 0.0857. The van der Waals surface area contributed by atoms with Crippen LogP contribution in [0.5, 0.6) is 0 Å². The predicted octanol–water partition coefficient (Wildman–Crippen LogP) is 1.29. The molecule has 0 aromatic heterocycles. The molecule has 3 amide bonds. The molecule has 1 heterocycles. The van der Waals surface area contributed by atoms with Crippen molar-refractivity contribution in [3.63, 3.8) is 0 Å². The predicted molar refractivity (Wildman–Crippen MR) is 73.7 cm³/mol. The van der Waals surface area contributed by atoms with Crippen molar-refractivity contribution < 1.29 is 14.4 Å². The van der Waals surface area contributed by atoms with Gasteiger partial charge in [0.2, 0.25) is 11.8 Å². The maximum absolute atomic E-state index is 11.7. The Morgan fingerprint density at radius 2 is 2.00 bits per heavy atom. The molecule has 6 nitrogen and oxygen atoms in total. The first-order valence-electron chi connectivity index (χ1n) is 5.69. The van der Waals surface area contributed by atoms with E-state index in [-0.39, 0.29) is 35.8 Å². The lowest BCUT2D eigenvalue weighted by atomic mass is 10.2. The number of benzene rings is 1. The van der Waals surface area contributed by atoms with Gasteiger partial charge in [-0.1, -0.05) is 11.8 Å². The summed E-state index contributed by atoms with van der Waals surface area (Å²) in [5.74, 6) is -0.323. The Labute approximate surface area is 114 Å². The average molecular weight is 279 g/mol. The topological polar surface area (TPSA) is 92.5 Å². The number of carbonyl (C=O) groups is 3. The summed E-state index contributed by atoms with van der Waals surface area (Å²) in [7, 11) is 0. The molecule has 0 radical (unpaired) electrons. The van der Waals surface area contributed by atoms with Crippen LogP contribution in [0.15, 0.2) is 24.3 Å². The van der Waals surface area contributed by atoms with Crippen LogP contribution in [0.4, 0.5) is 16.2 Å². The highest BCUT2D eigenvalue weighted by molar-refractivity contribution is 8.14. The average Bonchev–Trinajstić information content (AvgIpc) is 2.70. The Hall–Kier alpha value is -2.02. The third-order valence-electron chi connectivity index (χ3n) is 2.60. The standard InChI is InChI=1S/C12H13N3O3S/c13-8-1-3-9(4-2-8)14-10(16)5-6-15-11(17)7-19-12(15)18/h1-4H,5-7,13H2,(H,14,16). The van der Waals surface area contributed by atoms with E-state index in [0.717, 1.165) is 16.7 Å². The van der Waals surface area contributed by atoms with Gasteiger partial charge >= 0.3 is 0 Å². The summed E-state index contributed by atoms with van der Waals surface area (Å²) in [6.45, 7) is 0.117. The van der Waals surface area contributed by atoms with Crippen molar-refractivity contribution >= 4 is 40.2 Å². The summed E-state index contributed by atoms with van der Waals surface area (Å²) in [5, 5.41) is 2.39. The number of rotatable bonds is 4. The van der Waals surface area contributed by atoms with Crippen LogP contribution in [0, 0.1) is 0 Å². The van der Waals surface area contributed by atoms with Crippen LogP contribution in [-0.2, 0) is 9.59 Å². The SMILES string of the molecule is Nc1ccc(NC(=O)CCN2C(=O)CSC2=O)cc1. The van der Waals surface area contributed by atoms with Crippen molar-refractivity contribution in [3.05, 3.63) is 24.3 Å². The second-order valence-electron chi connectivity index (χ2n) is 4.02. The van der Waals surface area contributed by atoms with Crippen LogP contribution in [-0.4, -0.2) is 34.3 Å². The molecule has 19 heavy (non-hydrogen) atoms. The summed E-state index contributed by atoms with van der Waals surface area (Å²) in [4.78, 5) is 35.4. The molecule has 0 spiro atoms. The van der Waals surface area contributed by atoms with E-state index in [4.69, 9.17) is 5.73 Å². The molecule has 1 aliphatic heterocycles. The molecule has 0 saturated carbocycles. The number of nitrogens with one attached hydrogen (secondary N) is 1. The number of amides is 3. The van der Waals surface area contributed by atoms with E-state index in [2.05, 4.69) is 5.32 Å². The van der Waals surface area contributed by atoms with Crippen LogP contribution in [0.1, 0.15) is 6.42 Å². The summed E-state index contributed by atoms with van der Waals surface area (Å²) in [5.41, 5.74) is 6.78. The Kier molecular flexibility index (Phi) is 4.06. The zero-order valence-corrected chi connectivity index (χ0v) is 10.9. The Morgan fingerprint density at radius 3 is 2.58 bits per heavy atom. The molecule has 1 fully saturated rings. The quantitative estimate of drug-likeness (QED) is 0.810. The molecular weight excluding hydrogens is 266 g/mol. The number of nitrogens with zero attached hydrogens (tertiary/aromatic N) is 1. The normalized spacial score (nSPS) is 14.8. The molecule has 7 heteroatoms. The first kappa shape index (κ1) is 13.4. The van der Waals surface area contributed by atoms with Gasteiger partial charge in [-0.3, -0.25) is 19.3 Å². The van der Waals surface area contributed by atoms with Crippen LogP contribution in [0.3, 0.4) is 0 Å². The molecule has 2 rings (SSSR count). The number of thioether (sulfide) groups is 1. The van der Waals surface area contributed by atoms with Gasteiger partial charge in [-0.15, -0.1) is 0 Å². The number of carbonyl (C=O) groups excluding carboxylic acids is 3. The molecule has 3 N–H and O–H groups in total. The molecule has 0 atom stereocenters. The van der Waals surface area contributed by atoms with Gasteiger partial charge in [0.15, 0.2) is 0 Å². The van der Waals surface area contributed by atoms with Crippen molar-refractivity contribution in [1.29, 1.82) is 0 Å². The fourth-order valence-corrected chi connectivity index (χ4v) is 2.35. The Balaban J connectivity index is 1.83. The van der Waals surface area contributed by atoms with Crippen LogP contribution >= 0.6 is 11.8 Å². The minimum atomic E-state index is -0.287.